The summed E-state index contributed by atoms with van der Waals surface area (Å²) in [4.78, 5) is 3.86. The van der Waals surface area contributed by atoms with Crippen LogP contribution in [0, 0.1) is 5.82 Å². The molecule has 0 atom stereocenters. The molecule has 5 nitrogen and oxygen atoms in total. The van der Waals surface area contributed by atoms with E-state index in [4.69, 9.17) is 5.73 Å². The molecule has 2 N–H and O–H groups in total. The Morgan fingerprint density at radius 1 is 1.13 bits per heavy atom. The Morgan fingerprint density at radius 2 is 1.91 bits per heavy atom. The number of pyridine rings is 1. The summed E-state index contributed by atoms with van der Waals surface area (Å²) in [5, 5.41) is 0. The molecule has 1 aromatic carbocycles. The third-order valence-corrected chi connectivity index (χ3v) is 5.14. The number of nitrogens with two attached hydrogens (primary N) is 1. The minimum absolute atomic E-state index is 0.0248. The molecule has 0 aliphatic rings. The SMILES string of the molecule is NCc1ccn(S(=O)(=O)c2cccnc2)c1-c1ccccc1F. The molecule has 0 spiro atoms. The molecule has 2 aromatic heterocycles. The largest absolute Gasteiger partial charge is 0.326 e. The first-order valence-corrected chi connectivity index (χ1v) is 8.30. The lowest BCUT2D eigenvalue weighted by Gasteiger charge is -2.12. The van der Waals surface area contributed by atoms with Crippen molar-refractivity contribution in [2.24, 2.45) is 5.73 Å². The Balaban J connectivity index is 2.27. The molecule has 0 saturated carbocycles. The van der Waals surface area contributed by atoms with Crippen LogP contribution in [0.3, 0.4) is 0 Å². The fraction of sp³-hybridized carbons (Fsp3) is 0.0625. The molecule has 118 valence electrons. The van der Waals surface area contributed by atoms with Crippen molar-refractivity contribution in [1.82, 2.24) is 8.96 Å². The van der Waals surface area contributed by atoms with E-state index in [9.17, 15) is 12.8 Å². The molecule has 2 heterocycles. The Bertz CT molecular complexity index is 937. The van der Waals surface area contributed by atoms with Gasteiger partial charge < -0.3 is 5.73 Å². The lowest BCUT2D eigenvalue weighted by molar-refractivity contribution is 0.587. The zero-order valence-corrected chi connectivity index (χ0v) is 12.9. The van der Waals surface area contributed by atoms with Gasteiger partial charge in [0.1, 0.15) is 10.7 Å². The van der Waals surface area contributed by atoms with Gasteiger partial charge in [-0.3, -0.25) is 4.98 Å². The second-order valence-corrected chi connectivity index (χ2v) is 6.68. The number of hydrogen-bond donors (Lipinski definition) is 1. The van der Waals surface area contributed by atoms with Crippen molar-refractivity contribution in [2.75, 3.05) is 0 Å². The maximum absolute atomic E-state index is 14.2. The highest BCUT2D eigenvalue weighted by Gasteiger charge is 2.24. The average molecular weight is 331 g/mol. The van der Waals surface area contributed by atoms with Crippen LogP contribution in [0.2, 0.25) is 0 Å². The van der Waals surface area contributed by atoms with E-state index in [-0.39, 0.29) is 22.7 Å². The second kappa shape index (κ2) is 5.94. The molecule has 3 aromatic rings. The number of rotatable bonds is 4. The normalized spacial score (nSPS) is 11.6. The molecular weight excluding hydrogens is 317 g/mol. The first-order valence-electron chi connectivity index (χ1n) is 6.86. The van der Waals surface area contributed by atoms with Crippen molar-refractivity contribution in [1.29, 1.82) is 0 Å². The van der Waals surface area contributed by atoms with Crippen molar-refractivity contribution in [3.8, 4) is 11.3 Å². The van der Waals surface area contributed by atoms with E-state index in [1.165, 1.54) is 42.9 Å². The third-order valence-electron chi connectivity index (χ3n) is 3.48. The summed E-state index contributed by atoms with van der Waals surface area (Å²) in [6.45, 7) is 0.0965. The van der Waals surface area contributed by atoms with Gasteiger partial charge in [-0.15, -0.1) is 0 Å². The Kier molecular flexibility index (Phi) is 3.97. The van der Waals surface area contributed by atoms with Crippen LogP contribution in [0.25, 0.3) is 11.3 Å². The lowest BCUT2D eigenvalue weighted by atomic mass is 10.1. The summed E-state index contributed by atoms with van der Waals surface area (Å²) in [6.07, 6.45) is 4.12. The fourth-order valence-electron chi connectivity index (χ4n) is 2.38. The predicted molar refractivity (Wildman–Crippen MR) is 84.5 cm³/mol. The summed E-state index contributed by atoms with van der Waals surface area (Å²) in [7, 11) is -3.89. The van der Waals surface area contributed by atoms with E-state index in [1.54, 1.807) is 18.2 Å². The van der Waals surface area contributed by atoms with E-state index >= 15 is 0 Å². The van der Waals surface area contributed by atoms with E-state index in [0.717, 1.165) is 3.97 Å². The molecule has 0 fully saturated rings. The van der Waals surface area contributed by atoms with Crippen LogP contribution < -0.4 is 5.73 Å². The van der Waals surface area contributed by atoms with Crippen molar-refractivity contribution in [3.63, 3.8) is 0 Å². The van der Waals surface area contributed by atoms with Gasteiger partial charge >= 0.3 is 0 Å². The van der Waals surface area contributed by atoms with Crippen LogP contribution >= 0.6 is 0 Å². The minimum Gasteiger partial charge on any atom is -0.326 e. The van der Waals surface area contributed by atoms with E-state index in [0.29, 0.717) is 5.56 Å². The molecule has 7 heteroatoms. The smallest absolute Gasteiger partial charge is 0.269 e. The highest BCUT2D eigenvalue weighted by atomic mass is 32.2. The number of benzene rings is 1. The van der Waals surface area contributed by atoms with E-state index in [1.807, 2.05) is 0 Å². The molecular formula is C16H14FN3O2S. The van der Waals surface area contributed by atoms with Gasteiger partial charge in [-0.1, -0.05) is 12.1 Å². The van der Waals surface area contributed by atoms with Gasteiger partial charge in [-0.25, -0.2) is 16.8 Å². The minimum atomic E-state index is -3.89. The Morgan fingerprint density at radius 3 is 2.57 bits per heavy atom. The fourth-order valence-corrected chi connectivity index (χ4v) is 3.72. The van der Waals surface area contributed by atoms with Crippen molar-refractivity contribution >= 4 is 10.0 Å². The van der Waals surface area contributed by atoms with Crippen molar-refractivity contribution in [2.45, 2.75) is 11.4 Å². The number of nitrogens with zero attached hydrogens (tertiary/aromatic N) is 2. The van der Waals surface area contributed by atoms with Crippen LogP contribution in [0.1, 0.15) is 5.56 Å². The average Bonchev–Trinajstić information content (AvgIpc) is 3.00. The summed E-state index contributed by atoms with van der Waals surface area (Å²) in [5.41, 5.74) is 6.65. The maximum Gasteiger partial charge on any atom is 0.269 e. The molecule has 0 bridgehead atoms. The van der Waals surface area contributed by atoms with Gasteiger partial charge in [0, 0.05) is 30.7 Å². The molecule has 0 unspecified atom stereocenters. The zero-order chi connectivity index (χ0) is 16.4. The first kappa shape index (κ1) is 15.4. The van der Waals surface area contributed by atoms with Crippen LogP contribution in [0.4, 0.5) is 4.39 Å². The number of hydrogen-bond acceptors (Lipinski definition) is 4. The summed E-state index contributed by atoms with van der Waals surface area (Å²) in [5.74, 6) is -0.511. The van der Waals surface area contributed by atoms with E-state index < -0.39 is 15.8 Å². The van der Waals surface area contributed by atoms with Gasteiger partial charge in [0.15, 0.2) is 0 Å². The predicted octanol–water partition coefficient (Wildman–Crippen LogP) is 2.38. The second-order valence-electron chi connectivity index (χ2n) is 4.86. The summed E-state index contributed by atoms with van der Waals surface area (Å²) in [6, 6.07) is 10.5. The molecule has 0 amide bonds. The van der Waals surface area contributed by atoms with Gasteiger partial charge in [-0.05, 0) is 35.9 Å². The Labute approximate surface area is 133 Å². The molecule has 23 heavy (non-hydrogen) atoms. The summed E-state index contributed by atoms with van der Waals surface area (Å²) < 4.78 is 40.9. The van der Waals surface area contributed by atoms with Crippen LogP contribution in [0.5, 0.6) is 0 Å². The highest BCUT2D eigenvalue weighted by molar-refractivity contribution is 7.90. The van der Waals surface area contributed by atoms with Crippen molar-refractivity contribution in [3.05, 3.63) is 72.4 Å². The van der Waals surface area contributed by atoms with Crippen LogP contribution in [-0.2, 0) is 16.6 Å². The lowest BCUT2D eigenvalue weighted by Crippen LogP contribution is -2.14. The number of halogens is 1. The van der Waals surface area contributed by atoms with E-state index in [2.05, 4.69) is 4.98 Å². The van der Waals surface area contributed by atoms with Gasteiger partial charge in [-0.2, -0.15) is 0 Å². The molecule has 0 radical (unpaired) electrons. The molecule has 3 rings (SSSR count). The quantitative estimate of drug-likeness (QED) is 0.796. The maximum atomic E-state index is 14.2. The third kappa shape index (κ3) is 2.64. The standard InChI is InChI=1S/C16H14FN3O2S/c17-15-6-2-1-5-14(15)16-12(10-18)7-9-20(16)23(21,22)13-4-3-8-19-11-13/h1-9,11H,10,18H2. The van der Waals surface area contributed by atoms with Crippen LogP contribution in [-0.4, -0.2) is 17.4 Å². The highest BCUT2D eigenvalue weighted by Crippen LogP contribution is 2.30. The number of aromatic nitrogens is 2. The van der Waals surface area contributed by atoms with Gasteiger partial charge in [0.2, 0.25) is 0 Å². The monoisotopic (exact) mass is 331 g/mol. The first-order chi connectivity index (χ1) is 11.1. The van der Waals surface area contributed by atoms with Gasteiger partial charge in [0.25, 0.3) is 10.0 Å². The van der Waals surface area contributed by atoms with Crippen molar-refractivity contribution < 1.29 is 12.8 Å². The zero-order valence-electron chi connectivity index (χ0n) is 12.1. The topological polar surface area (TPSA) is 78.0 Å². The molecule has 0 aliphatic heterocycles. The van der Waals surface area contributed by atoms with Gasteiger partial charge in [0.05, 0.1) is 5.69 Å². The molecule has 0 saturated heterocycles. The Hall–Kier alpha value is -2.51. The molecule has 0 aliphatic carbocycles. The van der Waals surface area contributed by atoms with Crippen LogP contribution in [0.15, 0.2) is 66.0 Å². The summed E-state index contributed by atoms with van der Waals surface area (Å²) >= 11 is 0.